The first kappa shape index (κ1) is 28.0. The molecule has 2 aromatic rings. The van der Waals surface area contributed by atoms with Gasteiger partial charge in [-0.2, -0.15) is 0 Å². The predicted octanol–water partition coefficient (Wildman–Crippen LogP) is 5.91. The second kappa shape index (κ2) is 14.2. The molecule has 0 radical (unpaired) electrons. The fourth-order valence-corrected chi connectivity index (χ4v) is 4.52. The summed E-state index contributed by atoms with van der Waals surface area (Å²) in [4.78, 5) is 33.2. The summed E-state index contributed by atoms with van der Waals surface area (Å²) >= 11 is 0. The molecule has 1 saturated carbocycles. The molecule has 1 aliphatic rings. The Morgan fingerprint density at radius 1 is 1.24 bits per heavy atom. The van der Waals surface area contributed by atoms with Crippen molar-refractivity contribution in [2.75, 3.05) is 11.5 Å². The number of allylic oxidation sites excluding steroid dienone is 3. The molecule has 7 heteroatoms. The fraction of sp³-hybridized carbons (Fsp3) is 0.367. The number of hydrogen-bond donors (Lipinski definition) is 1. The number of ether oxygens (including phenoxy) is 1. The molecule has 1 atom stereocenters. The van der Waals surface area contributed by atoms with Gasteiger partial charge in [0.05, 0.1) is 12.3 Å². The lowest BCUT2D eigenvalue weighted by Crippen LogP contribution is -2.54. The molecular weight excluding hydrogens is 469 g/mol. The van der Waals surface area contributed by atoms with E-state index in [4.69, 9.17) is 4.74 Å². The number of pyridine rings is 1. The van der Waals surface area contributed by atoms with Gasteiger partial charge in [0.15, 0.2) is 0 Å². The van der Waals surface area contributed by atoms with Crippen LogP contribution in [0.2, 0.25) is 0 Å². The molecule has 198 valence electrons. The molecule has 1 unspecified atom stereocenters. The molecule has 1 fully saturated rings. The highest BCUT2D eigenvalue weighted by Crippen LogP contribution is 2.27. The van der Waals surface area contributed by atoms with Crippen molar-refractivity contribution in [1.29, 1.82) is 0 Å². The van der Waals surface area contributed by atoms with Crippen molar-refractivity contribution in [1.82, 2.24) is 10.3 Å². The number of anilines is 1. The van der Waals surface area contributed by atoms with E-state index >= 15 is 0 Å². The van der Waals surface area contributed by atoms with Crippen molar-refractivity contribution in [2.24, 2.45) is 0 Å². The average molecular weight is 508 g/mol. The van der Waals surface area contributed by atoms with Crippen LogP contribution in [0.3, 0.4) is 0 Å². The monoisotopic (exact) mass is 507 g/mol. The number of nitrogens with one attached hydrogen (secondary N) is 1. The van der Waals surface area contributed by atoms with Crippen LogP contribution in [-0.2, 0) is 20.9 Å². The maximum atomic E-state index is 14.4. The SMILES string of the molecule is C=C/C(C)=C(\C=C/C)C(C(=O)NC1CCCCC1)N(C(=O)COCc1ccccn1)c1cccc(F)c1.[HH]. The molecule has 1 aliphatic carbocycles. The number of aromatic nitrogens is 1. The first-order chi connectivity index (χ1) is 17.9. The van der Waals surface area contributed by atoms with Gasteiger partial charge in [-0.15, -0.1) is 0 Å². The van der Waals surface area contributed by atoms with E-state index in [-0.39, 0.29) is 32.3 Å². The van der Waals surface area contributed by atoms with E-state index in [0.717, 1.165) is 37.7 Å². The quantitative estimate of drug-likeness (QED) is 0.384. The summed E-state index contributed by atoms with van der Waals surface area (Å²) in [5, 5.41) is 3.16. The van der Waals surface area contributed by atoms with Crippen LogP contribution in [0.4, 0.5) is 10.1 Å². The van der Waals surface area contributed by atoms with Gasteiger partial charge in [-0.3, -0.25) is 19.5 Å². The largest absolute Gasteiger partial charge is 0.365 e. The number of halogens is 1. The molecule has 6 nitrogen and oxygen atoms in total. The van der Waals surface area contributed by atoms with E-state index in [0.29, 0.717) is 11.3 Å². The number of carbonyl (C=O) groups excluding carboxylic acids is 2. The summed E-state index contributed by atoms with van der Waals surface area (Å²) < 4.78 is 20.0. The highest BCUT2D eigenvalue weighted by atomic mass is 19.1. The summed E-state index contributed by atoms with van der Waals surface area (Å²) in [5.41, 5.74) is 2.30. The Balaban J connectivity index is 0.00000507. The van der Waals surface area contributed by atoms with Gasteiger partial charge >= 0.3 is 0 Å². The van der Waals surface area contributed by atoms with Gasteiger partial charge in [0.25, 0.3) is 5.91 Å². The number of rotatable bonds is 11. The minimum absolute atomic E-state index is 0. The van der Waals surface area contributed by atoms with Crippen molar-refractivity contribution >= 4 is 17.5 Å². The minimum atomic E-state index is -1.04. The third-order valence-electron chi connectivity index (χ3n) is 6.42. The van der Waals surface area contributed by atoms with Crippen molar-refractivity contribution in [3.63, 3.8) is 0 Å². The molecule has 0 spiro atoms. The van der Waals surface area contributed by atoms with E-state index in [1.54, 1.807) is 36.5 Å². The van der Waals surface area contributed by atoms with Crippen LogP contribution in [0.15, 0.2) is 84.6 Å². The van der Waals surface area contributed by atoms with Crippen molar-refractivity contribution < 1.29 is 20.1 Å². The molecular formula is C30H38FN3O3. The Labute approximate surface area is 220 Å². The third-order valence-corrected chi connectivity index (χ3v) is 6.42. The van der Waals surface area contributed by atoms with E-state index < -0.39 is 17.8 Å². The van der Waals surface area contributed by atoms with Gasteiger partial charge in [0.1, 0.15) is 18.5 Å². The zero-order valence-electron chi connectivity index (χ0n) is 21.7. The van der Waals surface area contributed by atoms with Gasteiger partial charge in [0.2, 0.25) is 5.91 Å². The van der Waals surface area contributed by atoms with Crippen molar-refractivity contribution in [2.45, 2.75) is 64.6 Å². The molecule has 1 aromatic carbocycles. The molecule has 37 heavy (non-hydrogen) atoms. The van der Waals surface area contributed by atoms with Crippen LogP contribution < -0.4 is 10.2 Å². The molecule has 2 amide bonds. The first-order valence-electron chi connectivity index (χ1n) is 12.8. The van der Waals surface area contributed by atoms with Gasteiger partial charge in [-0.1, -0.05) is 56.2 Å². The Hall–Kier alpha value is -3.58. The molecule has 3 rings (SSSR count). The number of hydrogen-bond acceptors (Lipinski definition) is 4. The molecule has 1 aromatic heterocycles. The van der Waals surface area contributed by atoms with Crippen LogP contribution in [0.1, 0.15) is 53.1 Å². The van der Waals surface area contributed by atoms with E-state index in [1.807, 2.05) is 26.0 Å². The summed E-state index contributed by atoms with van der Waals surface area (Å²) in [6, 6.07) is 10.1. The topological polar surface area (TPSA) is 71.5 Å². The summed E-state index contributed by atoms with van der Waals surface area (Å²) in [5.74, 6) is -1.29. The standard InChI is InChI=1S/C30H36FN3O3.H2/c1-4-12-27(22(3)5-2)29(30(36)33-24-14-7-6-8-15-24)34(26-17-11-13-23(31)19-26)28(35)21-37-20-25-16-9-10-18-32-25;/h4-5,9-13,16-19,24,29H,2,6-8,14-15,20-21H2,1,3H3,(H,33,36);1H/b12-4-,27-22+;. The predicted molar refractivity (Wildman–Crippen MR) is 146 cm³/mol. The lowest BCUT2D eigenvalue weighted by Gasteiger charge is -2.34. The highest BCUT2D eigenvalue weighted by molar-refractivity contribution is 6.03. The van der Waals surface area contributed by atoms with Gasteiger partial charge in [-0.05, 0) is 68.2 Å². The zero-order valence-corrected chi connectivity index (χ0v) is 21.7. The molecule has 1 heterocycles. The van der Waals surface area contributed by atoms with E-state index in [9.17, 15) is 14.0 Å². The zero-order chi connectivity index (χ0) is 26.6. The number of nitrogens with zero attached hydrogens (tertiary/aromatic N) is 2. The first-order valence-corrected chi connectivity index (χ1v) is 12.8. The van der Waals surface area contributed by atoms with Gasteiger partial charge in [-0.25, -0.2) is 4.39 Å². The van der Waals surface area contributed by atoms with Crippen LogP contribution in [0, 0.1) is 5.82 Å². The molecule has 0 bridgehead atoms. The molecule has 1 N–H and O–H groups in total. The lowest BCUT2D eigenvalue weighted by molar-refractivity contribution is -0.128. The third kappa shape index (κ3) is 7.95. The summed E-state index contributed by atoms with van der Waals surface area (Å²) in [6.45, 7) is 7.38. The Morgan fingerprint density at radius 2 is 2.03 bits per heavy atom. The van der Waals surface area contributed by atoms with E-state index in [1.165, 1.54) is 23.1 Å². The van der Waals surface area contributed by atoms with Crippen LogP contribution in [0.25, 0.3) is 0 Å². The smallest absolute Gasteiger partial charge is 0.254 e. The summed E-state index contributed by atoms with van der Waals surface area (Å²) in [6.07, 6.45) is 12.0. The lowest BCUT2D eigenvalue weighted by atomic mass is 9.93. The van der Waals surface area contributed by atoms with Crippen LogP contribution in [0.5, 0.6) is 0 Å². The maximum Gasteiger partial charge on any atom is 0.254 e. The van der Waals surface area contributed by atoms with Crippen molar-refractivity contribution in [3.05, 3.63) is 96.1 Å². The van der Waals surface area contributed by atoms with Crippen molar-refractivity contribution in [3.8, 4) is 0 Å². The Morgan fingerprint density at radius 3 is 2.68 bits per heavy atom. The van der Waals surface area contributed by atoms with Gasteiger partial charge < -0.3 is 10.1 Å². The van der Waals surface area contributed by atoms with Gasteiger partial charge in [0, 0.05) is 19.4 Å². The average Bonchev–Trinajstić information content (AvgIpc) is 2.91. The molecule has 0 saturated heterocycles. The minimum Gasteiger partial charge on any atom is -0.365 e. The fourth-order valence-electron chi connectivity index (χ4n) is 4.52. The van der Waals surface area contributed by atoms with Crippen LogP contribution in [-0.4, -0.2) is 35.5 Å². The highest BCUT2D eigenvalue weighted by Gasteiger charge is 2.35. The molecule has 0 aliphatic heterocycles. The number of carbonyl (C=O) groups is 2. The van der Waals surface area contributed by atoms with Crippen LogP contribution >= 0.6 is 0 Å². The number of amides is 2. The second-order valence-electron chi connectivity index (χ2n) is 9.15. The Bertz CT molecular complexity index is 1130. The second-order valence-corrected chi connectivity index (χ2v) is 9.15. The Kier molecular flexibility index (Phi) is 10.8. The van der Waals surface area contributed by atoms with E-state index in [2.05, 4.69) is 16.9 Å². The normalized spacial score (nSPS) is 15.6. The maximum absolute atomic E-state index is 14.4. The number of benzene rings is 1. The summed E-state index contributed by atoms with van der Waals surface area (Å²) in [7, 11) is 0.